The van der Waals surface area contributed by atoms with Crippen molar-refractivity contribution in [3.63, 3.8) is 0 Å². The molecule has 0 bridgehead atoms. The van der Waals surface area contributed by atoms with Crippen LogP contribution in [0, 0.1) is 6.92 Å². The van der Waals surface area contributed by atoms with E-state index in [-0.39, 0.29) is 6.04 Å². The summed E-state index contributed by atoms with van der Waals surface area (Å²) >= 11 is 1.39. The molecular formula is C17H19N5OS. The molecule has 0 aliphatic rings. The number of ether oxygens (including phenoxy) is 1. The molecule has 0 spiro atoms. The molecule has 3 rings (SSSR count). The Labute approximate surface area is 145 Å². The van der Waals surface area contributed by atoms with Crippen molar-refractivity contribution in [3.8, 4) is 5.88 Å². The third-order valence-corrected chi connectivity index (χ3v) is 4.21. The van der Waals surface area contributed by atoms with E-state index in [1.54, 1.807) is 12.3 Å². The molecule has 0 amide bonds. The average molecular weight is 341 g/mol. The molecule has 0 fully saturated rings. The predicted octanol–water partition coefficient (Wildman–Crippen LogP) is 3.69. The zero-order valence-corrected chi connectivity index (χ0v) is 14.7. The first-order chi connectivity index (χ1) is 11.6. The number of hydrogen-bond donors (Lipinski definition) is 0. The first-order valence-corrected chi connectivity index (χ1v) is 8.54. The Balaban J connectivity index is 1.72. The van der Waals surface area contributed by atoms with Crippen LogP contribution < -0.4 is 4.74 Å². The number of aromatic nitrogens is 5. The Kier molecular flexibility index (Phi) is 5.10. The van der Waals surface area contributed by atoms with Crippen molar-refractivity contribution >= 4 is 11.8 Å². The van der Waals surface area contributed by atoms with Gasteiger partial charge in [0.1, 0.15) is 12.4 Å². The molecule has 7 heteroatoms. The summed E-state index contributed by atoms with van der Waals surface area (Å²) in [6.45, 7) is 6.61. The van der Waals surface area contributed by atoms with E-state index in [1.165, 1.54) is 11.8 Å². The van der Waals surface area contributed by atoms with Crippen LogP contribution in [0.5, 0.6) is 5.88 Å². The first kappa shape index (κ1) is 16.4. The summed E-state index contributed by atoms with van der Waals surface area (Å²) in [5, 5.41) is 9.72. The largest absolute Gasteiger partial charge is 0.473 e. The number of benzene rings is 1. The van der Waals surface area contributed by atoms with Gasteiger partial charge in [-0.2, -0.15) is 4.98 Å². The lowest BCUT2D eigenvalue weighted by atomic mass is 10.2. The summed E-state index contributed by atoms with van der Waals surface area (Å²) in [6.07, 6.45) is 1.69. The van der Waals surface area contributed by atoms with Gasteiger partial charge < -0.3 is 9.30 Å². The van der Waals surface area contributed by atoms with Gasteiger partial charge in [0.25, 0.3) is 0 Å². The maximum absolute atomic E-state index is 5.75. The normalized spacial score (nSPS) is 11.0. The van der Waals surface area contributed by atoms with E-state index >= 15 is 0 Å². The second kappa shape index (κ2) is 7.44. The summed E-state index contributed by atoms with van der Waals surface area (Å²) in [7, 11) is 0. The quantitative estimate of drug-likeness (QED) is 0.637. The van der Waals surface area contributed by atoms with Crippen LogP contribution in [0.4, 0.5) is 0 Å². The van der Waals surface area contributed by atoms with Gasteiger partial charge in [-0.3, -0.25) is 0 Å². The molecule has 124 valence electrons. The van der Waals surface area contributed by atoms with Crippen LogP contribution >= 0.6 is 11.8 Å². The fraction of sp³-hybridized carbons (Fsp3) is 0.294. The van der Waals surface area contributed by atoms with E-state index in [2.05, 4.69) is 38.6 Å². The number of rotatable bonds is 6. The van der Waals surface area contributed by atoms with Crippen LogP contribution in [-0.4, -0.2) is 24.7 Å². The van der Waals surface area contributed by atoms with Gasteiger partial charge in [-0.1, -0.05) is 30.3 Å². The second-order valence-electron chi connectivity index (χ2n) is 5.55. The van der Waals surface area contributed by atoms with Crippen molar-refractivity contribution in [3.05, 3.63) is 54.0 Å². The smallest absolute Gasteiger partial charge is 0.217 e. The van der Waals surface area contributed by atoms with E-state index in [1.807, 2.05) is 37.3 Å². The van der Waals surface area contributed by atoms with Crippen molar-refractivity contribution in [2.24, 2.45) is 0 Å². The van der Waals surface area contributed by atoms with E-state index in [4.69, 9.17) is 4.74 Å². The van der Waals surface area contributed by atoms with E-state index in [0.717, 1.165) is 16.5 Å². The Morgan fingerprint density at radius 1 is 1.12 bits per heavy atom. The molecule has 0 N–H and O–H groups in total. The van der Waals surface area contributed by atoms with Crippen molar-refractivity contribution < 1.29 is 4.74 Å². The van der Waals surface area contributed by atoms with Crippen LogP contribution in [0.15, 0.2) is 52.9 Å². The van der Waals surface area contributed by atoms with Gasteiger partial charge in [0, 0.05) is 18.3 Å². The van der Waals surface area contributed by atoms with Gasteiger partial charge >= 0.3 is 0 Å². The predicted molar refractivity (Wildman–Crippen MR) is 92.1 cm³/mol. The van der Waals surface area contributed by atoms with Crippen molar-refractivity contribution in [1.82, 2.24) is 24.7 Å². The molecule has 0 atom stereocenters. The Morgan fingerprint density at radius 2 is 1.92 bits per heavy atom. The van der Waals surface area contributed by atoms with Gasteiger partial charge in [-0.25, -0.2) is 4.98 Å². The molecule has 0 saturated carbocycles. The molecule has 6 nitrogen and oxygen atoms in total. The van der Waals surface area contributed by atoms with Crippen LogP contribution in [0.25, 0.3) is 0 Å². The molecule has 1 aromatic carbocycles. The van der Waals surface area contributed by atoms with Gasteiger partial charge in [-0.15, -0.1) is 10.2 Å². The highest BCUT2D eigenvalue weighted by Crippen LogP contribution is 2.27. The number of hydrogen-bond acceptors (Lipinski definition) is 6. The highest BCUT2D eigenvalue weighted by molar-refractivity contribution is 7.99. The summed E-state index contributed by atoms with van der Waals surface area (Å²) < 4.78 is 7.81. The van der Waals surface area contributed by atoms with Gasteiger partial charge in [0.15, 0.2) is 10.3 Å². The highest BCUT2D eigenvalue weighted by atomic mass is 32.2. The Bertz CT molecular complexity index is 804. The fourth-order valence-corrected chi connectivity index (χ4v) is 3.22. The Hall–Kier alpha value is -2.41. The second-order valence-corrected chi connectivity index (χ2v) is 6.48. The van der Waals surface area contributed by atoms with Crippen LogP contribution in [-0.2, 0) is 6.61 Å². The maximum Gasteiger partial charge on any atom is 0.217 e. The maximum atomic E-state index is 5.75. The van der Waals surface area contributed by atoms with Crippen molar-refractivity contribution in [1.29, 1.82) is 0 Å². The molecule has 2 heterocycles. The van der Waals surface area contributed by atoms with E-state index < -0.39 is 0 Å². The molecule has 0 radical (unpaired) electrons. The monoisotopic (exact) mass is 341 g/mol. The minimum absolute atomic E-state index is 0.278. The standard InChI is InChI=1S/C17H19N5OS/c1-12(2)22-13(3)20-21-17(22)24-16-18-10-9-15(19-16)23-11-14-7-5-4-6-8-14/h4-10,12H,11H2,1-3H3. The molecule has 0 aliphatic carbocycles. The van der Waals surface area contributed by atoms with Crippen LogP contribution in [0.3, 0.4) is 0 Å². The third kappa shape index (κ3) is 3.91. The zero-order chi connectivity index (χ0) is 16.9. The lowest BCUT2D eigenvalue weighted by Crippen LogP contribution is -2.05. The minimum atomic E-state index is 0.278. The van der Waals surface area contributed by atoms with Gasteiger partial charge in [-0.05, 0) is 38.1 Å². The fourth-order valence-electron chi connectivity index (χ4n) is 2.28. The van der Waals surface area contributed by atoms with Gasteiger partial charge in [0.2, 0.25) is 5.88 Å². The molecular weight excluding hydrogens is 322 g/mol. The van der Waals surface area contributed by atoms with E-state index in [9.17, 15) is 0 Å². The lowest BCUT2D eigenvalue weighted by molar-refractivity contribution is 0.290. The summed E-state index contributed by atoms with van der Waals surface area (Å²) in [5.74, 6) is 1.42. The average Bonchev–Trinajstić information content (AvgIpc) is 2.95. The van der Waals surface area contributed by atoms with Crippen LogP contribution in [0.1, 0.15) is 31.3 Å². The number of nitrogens with zero attached hydrogens (tertiary/aromatic N) is 5. The summed E-state index contributed by atoms with van der Waals surface area (Å²) in [6, 6.07) is 12.0. The lowest BCUT2D eigenvalue weighted by Gasteiger charge is -2.11. The topological polar surface area (TPSA) is 65.7 Å². The van der Waals surface area contributed by atoms with Gasteiger partial charge in [0.05, 0.1) is 0 Å². The summed E-state index contributed by atoms with van der Waals surface area (Å²) in [4.78, 5) is 8.73. The molecule has 0 aliphatic heterocycles. The molecule has 0 saturated heterocycles. The first-order valence-electron chi connectivity index (χ1n) is 7.72. The SMILES string of the molecule is Cc1nnc(Sc2nccc(OCc3ccccc3)n2)n1C(C)C. The van der Waals surface area contributed by atoms with Crippen LogP contribution in [0.2, 0.25) is 0 Å². The molecule has 3 aromatic rings. The Morgan fingerprint density at radius 3 is 2.67 bits per heavy atom. The zero-order valence-electron chi connectivity index (χ0n) is 13.9. The van der Waals surface area contributed by atoms with E-state index in [0.29, 0.717) is 17.6 Å². The minimum Gasteiger partial charge on any atom is -0.473 e. The molecule has 24 heavy (non-hydrogen) atoms. The van der Waals surface area contributed by atoms with Crippen molar-refractivity contribution in [2.45, 2.75) is 43.7 Å². The molecule has 0 unspecified atom stereocenters. The number of aryl methyl sites for hydroxylation is 1. The highest BCUT2D eigenvalue weighted by Gasteiger charge is 2.14. The molecule has 2 aromatic heterocycles. The van der Waals surface area contributed by atoms with Crippen molar-refractivity contribution in [2.75, 3.05) is 0 Å². The third-order valence-electron chi connectivity index (χ3n) is 3.37. The summed E-state index contributed by atoms with van der Waals surface area (Å²) in [5.41, 5.74) is 1.10.